The zero-order chi connectivity index (χ0) is 77.8. The van der Waals surface area contributed by atoms with Crippen LogP contribution in [0.4, 0.5) is 13.2 Å². The summed E-state index contributed by atoms with van der Waals surface area (Å²) in [6.07, 6.45) is -4.82. The highest BCUT2D eigenvalue weighted by molar-refractivity contribution is 6.14. The molecule has 0 spiro atoms. The molecule has 18 heteroatoms. The van der Waals surface area contributed by atoms with Gasteiger partial charge in [-0.25, -0.2) is 59.8 Å². The van der Waals surface area contributed by atoms with E-state index >= 15 is 13.2 Å². The summed E-state index contributed by atoms with van der Waals surface area (Å²) >= 11 is 0. The van der Waals surface area contributed by atoms with Crippen molar-refractivity contribution in [3.63, 3.8) is 0 Å². The fraction of sp³-hybridized carbons (Fsp3) is 0.0102. The van der Waals surface area contributed by atoms with Gasteiger partial charge in [-0.05, 0) is 102 Å². The summed E-state index contributed by atoms with van der Waals surface area (Å²) in [5, 5.41) is 15.2. The average molecular weight is 1500 g/mol. The number of nitriles is 1. The smallest absolute Gasteiger partial charge is 0.308 e. The number of hydrogen-bond acceptors (Lipinski definition) is 13. The van der Waals surface area contributed by atoms with Gasteiger partial charge in [-0.1, -0.05) is 261 Å². The van der Waals surface area contributed by atoms with Crippen LogP contribution in [0.5, 0.6) is 0 Å². The SMILES string of the molecule is N#Cc1c(-n2c3ccc(-c4nc(-c5ccccc5)nc(-c5ccccc5)n4)cc3c3cc(-c4nc(-c5ccccc5)nc(-c5ccccc5)n4)ccc32)cc(-c2ccccc2C(F)(F)F)cc1-n1c2ccc(-c3nc(-c4ccccc4)nc(-c4ccccc4)n3)cc2c2cc(-c3nc(-c4ccccc4)nc(-c4ccccc4)n3)ccc21. The first-order valence-corrected chi connectivity index (χ1v) is 37.5. The van der Waals surface area contributed by atoms with Crippen LogP contribution >= 0.6 is 0 Å². The number of hydrogen-bond donors (Lipinski definition) is 0. The number of rotatable bonds is 15. The number of halogens is 3. The minimum Gasteiger partial charge on any atom is -0.308 e. The molecule has 0 aliphatic heterocycles. The van der Waals surface area contributed by atoms with Crippen molar-refractivity contribution < 1.29 is 13.2 Å². The molecule has 116 heavy (non-hydrogen) atoms. The number of fused-ring (bicyclic) bond motifs is 6. The molecule has 0 saturated carbocycles. The molecule has 546 valence electrons. The van der Waals surface area contributed by atoms with Crippen molar-refractivity contribution in [3.05, 3.63) is 363 Å². The fourth-order valence-corrected chi connectivity index (χ4v) is 15.1. The Hall–Kier alpha value is -16.0. The van der Waals surface area contributed by atoms with Gasteiger partial charge < -0.3 is 9.13 Å². The normalized spacial score (nSPS) is 11.6. The lowest BCUT2D eigenvalue weighted by molar-refractivity contribution is -0.137. The molecule has 20 aromatic rings. The third-order valence-corrected chi connectivity index (χ3v) is 20.6. The molecule has 6 aromatic heterocycles. The Kier molecular flexibility index (Phi) is 17.3. The molecule has 20 rings (SSSR count). The maximum Gasteiger partial charge on any atom is 0.417 e. The predicted octanol–water partition coefficient (Wildman–Crippen LogP) is 23.2. The molecule has 0 fully saturated rings. The van der Waals surface area contributed by atoms with Crippen LogP contribution in [0, 0.1) is 11.3 Å². The van der Waals surface area contributed by atoms with Gasteiger partial charge in [0, 0.05) is 88.3 Å². The van der Waals surface area contributed by atoms with Crippen LogP contribution in [0.1, 0.15) is 11.1 Å². The van der Waals surface area contributed by atoms with Gasteiger partial charge in [-0.2, -0.15) is 18.4 Å². The summed E-state index contributed by atoms with van der Waals surface area (Å²) in [6, 6.07) is 113. The fourth-order valence-electron chi connectivity index (χ4n) is 15.1. The first-order chi connectivity index (χ1) is 57.0. The maximum atomic E-state index is 16.0. The molecular weight excluding hydrogens is 1440 g/mol. The number of benzene rings is 14. The maximum absolute atomic E-state index is 16.0. The molecule has 0 aliphatic carbocycles. The van der Waals surface area contributed by atoms with Gasteiger partial charge in [-0.3, -0.25) is 0 Å². The standard InChI is InChI=1S/C98H58F3N15/c99-98(100,101)79-44-26-25-43-73(79)72-57-84(115-80-49-45-68(94-107-86(60-27-9-1-10-28-60)103-87(108-94)61-29-11-2-12-30-61)53-74(80)75-54-69(46-50-81(75)115)95-109-88(62-31-13-3-14-32-62)104-89(110-95)63-33-15-4-16-34-63)78(59-102)85(58-72)116-82-51-47-70(96-111-90(64-35-17-5-18-36-64)105-91(112-96)65-37-19-6-20-38-65)55-76(82)77-56-71(48-52-83(77)116)97-113-92(66-39-21-7-22-40-66)106-93(114-97)67-41-23-8-24-42-67/h1-58H. The average Bonchev–Trinajstić information content (AvgIpc) is 1.61. The molecular formula is C98H58F3N15. The van der Waals surface area contributed by atoms with Crippen LogP contribution in [0.25, 0.3) is 203 Å². The number of alkyl halides is 3. The molecule has 0 unspecified atom stereocenters. The zero-order valence-electron chi connectivity index (χ0n) is 61.3. The van der Waals surface area contributed by atoms with E-state index in [1.807, 2.05) is 325 Å². The molecule has 0 bridgehead atoms. The molecule has 0 N–H and O–H groups in total. The van der Waals surface area contributed by atoms with E-state index in [1.54, 1.807) is 18.2 Å². The lowest BCUT2D eigenvalue weighted by atomic mass is 9.96. The predicted molar refractivity (Wildman–Crippen MR) is 449 cm³/mol. The molecule has 15 nitrogen and oxygen atoms in total. The highest BCUT2D eigenvalue weighted by Gasteiger charge is 2.35. The highest BCUT2D eigenvalue weighted by atomic mass is 19.4. The Bertz CT molecular complexity index is 6240. The highest BCUT2D eigenvalue weighted by Crippen LogP contribution is 2.46. The molecule has 0 atom stereocenters. The first-order valence-electron chi connectivity index (χ1n) is 37.5. The van der Waals surface area contributed by atoms with E-state index in [0.717, 1.165) is 50.6 Å². The Labute approximate surface area is 661 Å². The molecule has 0 saturated heterocycles. The van der Waals surface area contributed by atoms with E-state index in [2.05, 4.69) is 6.07 Å². The lowest BCUT2D eigenvalue weighted by Crippen LogP contribution is -2.09. The van der Waals surface area contributed by atoms with Gasteiger partial charge in [0.2, 0.25) is 0 Å². The molecule has 0 aliphatic rings. The van der Waals surface area contributed by atoms with Crippen molar-refractivity contribution in [2.75, 3.05) is 0 Å². The Morgan fingerprint density at radius 3 is 0.621 bits per heavy atom. The third kappa shape index (κ3) is 12.9. The van der Waals surface area contributed by atoms with Gasteiger partial charge in [-0.15, -0.1) is 0 Å². The second-order valence-electron chi connectivity index (χ2n) is 27.8. The summed E-state index contributed by atoms with van der Waals surface area (Å²) in [5.41, 5.74) is 11.0. The van der Waals surface area contributed by atoms with Crippen molar-refractivity contribution in [1.82, 2.24) is 68.9 Å². The van der Waals surface area contributed by atoms with Crippen LogP contribution in [-0.4, -0.2) is 68.9 Å². The van der Waals surface area contributed by atoms with Gasteiger partial charge in [0.15, 0.2) is 69.9 Å². The lowest BCUT2D eigenvalue weighted by Gasteiger charge is -2.20. The number of aromatic nitrogens is 14. The number of nitrogens with zero attached hydrogens (tertiary/aromatic N) is 15. The van der Waals surface area contributed by atoms with Crippen molar-refractivity contribution in [1.29, 1.82) is 5.26 Å². The summed E-state index contributed by atoms with van der Waals surface area (Å²) < 4.78 is 52.0. The molecule has 14 aromatic carbocycles. The van der Waals surface area contributed by atoms with Crippen LogP contribution < -0.4 is 0 Å². The van der Waals surface area contributed by atoms with Crippen LogP contribution in [-0.2, 0) is 6.18 Å². The Morgan fingerprint density at radius 2 is 0.414 bits per heavy atom. The van der Waals surface area contributed by atoms with E-state index in [1.165, 1.54) is 12.1 Å². The first kappa shape index (κ1) is 69.2. The van der Waals surface area contributed by atoms with Gasteiger partial charge in [0.25, 0.3) is 0 Å². The Balaban J connectivity index is 0.867. The van der Waals surface area contributed by atoms with Crippen LogP contribution in [0.15, 0.2) is 352 Å². The van der Waals surface area contributed by atoms with Crippen molar-refractivity contribution in [3.8, 4) is 165 Å². The largest absolute Gasteiger partial charge is 0.417 e. The molecule has 6 heterocycles. The minimum absolute atomic E-state index is 0.115. The zero-order valence-corrected chi connectivity index (χ0v) is 61.3. The summed E-state index contributed by atoms with van der Waals surface area (Å²) in [5.74, 6) is 5.17. The van der Waals surface area contributed by atoms with Gasteiger partial charge >= 0.3 is 6.18 Å². The van der Waals surface area contributed by atoms with E-state index in [-0.39, 0.29) is 28.1 Å². The second kappa shape index (κ2) is 29.0. The van der Waals surface area contributed by atoms with Crippen molar-refractivity contribution >= 4 is 43.6 Å². The van der Waals surface area contributed by atoms with Crippen molar-refractivity contribution in [2.24, 2.45) is 0 Å². The summed E-state index contributed by atoms with van der Waals surface area (Å²) in [7, 11) is 0. The Morgan fingerprint density at radius 1 is 0.216 bits per heavy atom. The van der Waals surface area contributed by atoms with E-state index < -0.39 is 11.7 Å². The monoisotopic (exact) mass is 1500 g/mol. The van der Waals surface area contributed by atoms with Gasteiger partial charge in [0.05, 0.1) is 39.0 Å². The quantitative estimate of drug-likeness (QED) is 0.0944. The second-order valence-corrected chi connectivity index (χ2v) is 27.8. The van der Waals surface area contributed by atoms with Crippen LogP contribution in [0.3, 0.4) is 0 Å². The van der Waals surface area contributed by atoms with E-state index in [0.29, 0.717) is 136 Å². The molecule has 0 radical (unpaired) electrons. The summed E-state index contributed by atoms with van der Waals surface area (Å²) in [6.45, 7) is 0. The molecule has 0 amide bonds. The summed E-state index contributed by atoms with van der Waals surface area (Å²) in [4.78, 5) is 61.6. The minimum atomic E-state index is -4.82. The van der Waals surface area contributed by atoms with E-state index in [4.69, 9.17) is 59.8 Å². The van der Waals surface area contributed by atoms with Crippen molar-refractivity contribution in [2.45, 2.75) is 6.18 Å². The topological polar surface area (TPSA) is 188 Å². The van der Waals surface area contributed by atoms with Gasteiger partial charge in [0.1, 0.15) is 11.6 Å². The third-order valence-electron chi connectivity index (χ3n) is 20.6. The van der Waals surface area contributed by atoms with Crippen LogP contribution in [0.2, 0.25) is 0 Å². The van der Waals surface area contributed by atoms with E-state index in [9.17, 15) is 5.26 Å².